The van der Waals surface area contributed by atoms with Crippen LogP contribution in [-0.2, 0) is 4.79 Å². The van der Waals surface area contributed by atoms with Gasteiger partial charge in [0, 0.05) is 12.7 Å². The van der Waals surface area contributed by atoms with Gasteiger partial charge in [0.1, 0.15) is 0 Å². The van der Waals surface area contributed by atoms with Gasteiger partial charge in [-0.25, -0.2) is 0 Å². The first-order valence-corrected chi connectivity index (χ1v) is 7.08. The van der Waals surface area contributed by atoms with Crippen LogP contribution < -0.4 is 10.2 Å². The minimum atomic E-state index is -0.0421. The van der Waals surface area contributed by atoms with E-state index in [1.54, 1.807) is 4.90 Å². The summed E-state index contributed by atoms with van der Waals surface area (Å²) in [4.78, 5) is 14.4. The van der Waals surface area contributed by atoms with E-state index in [1.807, 2.05) is 7.05 Å². The monoisotopic (exact) mass is 260 g/mol. The van der Waals surface area contributed by atoms with Gasteiger partial charge in [-0.3, -0.25) is 4.79 Å². The highest BCUT2D eigenvalue weighted by molar-refractivity contribution is 5.97. The van der Waals surface area contributed by atoms with Gasteiger partial charge in [0.05, 0.1) is 6.04 Å². The van der Waals surface area contributed by atoms with Crippen LogP contribution in [0.3, 0.4) is 0 Å². The van der Waals surface area contributed by atoms with Crippen LogP contribution in [0.5, 0.6) is 0 Å². The Labute approximate surface area is 116 Å². The van der Waals surface area contributed by atoms with Gasteiger partial charge < -0.3 is 10.2 Å². The van der Waals surface area contributed by atoms with Crippen LogP contribution in [0.15, 0.2) is 18.2 Å². The minimum absolute atomic E-state index is 0.0421. The highest BCUT2D eigenvalue weighted by atomic mass is 16.2. The lowest BCUT2D eigenvalue weighted by molar-refractivity contribution is -0.121. The van der Waals surface area contributed by atoms with Crippen molar-refractivity contribution in [2.45, 2.75) is 39.7 Å². The van der Waals surface area contributed by atoms with Gasteiger partial charge in [-0.1, -0.05) is 13.0 Å². The van der Waals surface area contributed by atoms with Crippen molar-refractivity contribution in [3.63, 3.8) is 0 Å². The number of likely N-dealkylation sites (N-methyl/N-ethyl adjacent to an activating group) is 1. The summed E-state index contributed by atoms with van der Waals surface area (Å²) in [6.07, 6.45) is 2.29. The van der Waals surface area contributed by atoms with Crippen molar-refractivity contribution in [1.29, 1.82) is 0 Å². The maximum atomic E-state index is 12.6. The van der Waals surface area contributed by atoms with E-state index in [2.05, 4.69) is 44.3 Å². The fourth-order valence-corrected chi connectivity index (χ4v) is 2.86. The van der Waals surface area contributed by atoms with Crippen LogP contribution in [0.1, 0.15) is 30.9 Å². The van der Waals surface area contributed by atoms with Crippen molar-refractivity contribution in [2.24, 2.45) is 5.92 Å². The molecule has 0 spiro atoms. The molecule has 1 fully saturated rings. The summed E-state index contributed by atoms with van der Waals surface area (Å²) in [5, 5.41) is 3.36. The second-order valence-electron chi connectivity index (χ2n) is 5.79. The zero-order chi connectivity index (χ0) is 14.0. The Kier molecular flexibility index (Phi) is 4.25. The van der Waals surface area contributed by atoms with Gasteiger partial charge in [-0.15, -0.1) is 0 Å². The summed E-state index contributed by atoms with van der Waals surface area (Å²) < 4.78 is 0. The van der Waals surface area contributed by atoms with Crippen LogP contribution >= 0.6 is 0 Å². The number of nitrogens with zero attached hydrogens (tertiary/aromatic N) is 1. The summed E-state index contributed by atoms with van der Waals surface area (Å²) in [5.41, 5.74) is 3.38. The average molecular weight is 260 g/mol. The van der Waals surface area contributed by atoms with Crippen molar-refractivity contribution in [2.75, 3.05) is 18.5 Å². The third kappa shape index (κ3) is 3.16. The van der Waals surface area contributed by atoms with Crippen molar-refractivity contribution in [1.82, 2.24) is 5.32 Å². The van der Waals surface area contributed by atoms with Crippen molar-refractivity contribution in [3.05, 3.63) is 29.3 Å². The lowest BCUT2D eigenvalue weighted by atomic mass is 9.91. The molecule has 0 radical (unpaired) electrons. The smallest absolute Gasteiger partial charge is 0.244 e. The highest BCUT2D eigenvalue weighted by Gasteiger charge is 2.30. The second kappa shape index (κ2) is 5.74. The van der Waals surface area contributed by atoms with Crippen molar-refractivity contribution in [3.8, 4) is 0 Å². The molecule has 2 atom stereocenters. The van der Waals surface area contributed by atoms with E-state index in [9.17, 15) is 4.79 Å². The summed E-state index contributed by atoms with van der Waals surface area (Å²) >= 11 is 0. The minimum Gasteiger partial charge on any atom is -0.314 e. The Hall–Kier alpha value is -1.35. The molecule has 104 valence electrons. The third-order valence-corrected chi connectivity index (χ3v) is 3.96. The summed E-state index contributed by atoms with van der Waals surface area (Å²) in [5.74, 6) is 0.590. The number of carbonyl (C=O) groups is 1. The molecule has 19 heavy (non-hydrogen) atoms. The highest BCUT2D eigenvalue weighted by Crippen LogP contribution is 2.22. The van der Waals surface area contributed by atoms with Crippen LogP contribution in [-0.4, -0.2) is 25.5 Å². The molecule has 0 saturated carbocycles. The molecule has 1 N–H and O–H groups in total. The summed E-state index contributed by atoms with van der Waals surface area (Å²) in [6.45, 7) is 7.23. The predicted molar refractivity (Wildman–Crippen MR) is 79.5 cm³/mol. The third-order valence-electron chi connectivity index (χ3n) is 3.96. The van der Waals surface area contributed by atoms with Gasteiger partial charge in [0.2, 0.25) is 5.91 Å². The van der Waals surface area contributed by atoms with Gasteiger partial charge in [0.15, 0.2) is 0 Å². The van der Waals surface area contributed by atoms with Gasteiger partial charge >= 0.3 is 0 Å². The maximum Gasteiger partial charge on any atom is 0.244 e. The molecular formula is C16H24N2O. The maximum absolute atomic E-state index is 12.6. The van der Waals surface area contributed by atoms with Crippen LogP contribution in [0, 0.1) is 19.8 Å². The number of benzene rings is 1. The normalized spacial score (nSPS) is 23.2. The topological polar surface area (TPSA) is 32.3 Å². The zero-order valence-corrected chi connectivity index (χ0v) is 12.4. The van der Waals surface area contributed by atoms with E-state index >= 15 is 0 Å². The first-order chi connectivity index (χ1) is 8.99. The standard InChI is InChI=1S/C16H24N2O/c1-11-8-12(2)10-14(9-11)18(4)16(19)15-13(3)6-5-7-17-15/h8-10,13,15,17H,5-7H2,1-4H3. The number of hydrogen-bond donors (Lipinski definition) is 1. The average Bonchev–Trinajstić information content (AvgIpc) is 2.36. The van der Waals surface area contributed by atoms with Crippen LogP contribution in [0.4, 0.5) is 5.69 Å². The molecule has 0 aromatic heterocycles. The Bertz CT molecular complexity index is 450. The summed E-state index contributed by atoms with van der Waals surface area (Å²) in [6, 6.07) is 6.22. The number of hydrogen-bond acceptors (Lipinski definition) is 2. The number of piperidine rings is 1. The van der Waals surface area contributed by atoms with E-state index < -0.39 is 0 Å². The van der Waals surface area contributed by atoms with Gasteiger partial charge in [-0.05, 0) is 62.4 Å². The molecule has 1 saturated heterocycles. The molecule has 2 rings (SSSR count). The lowest BCUT2D eigenvalue weighted by Crippen LogP contribution is -2.51. The first-order valence-electron chi connectivity index (χ1n) is 7.08. The van der Waals surface area contributed by atoms with Crippen LogP contribution in [0.2, 0.25) is 0 Å². The molecule has 1 heterocycles. The molecule has 1 amide bonds. The van der Waals surface area contributed by atoms with Crippen LogP contribution in [0.25, 0.3) is 0 Å². The molecule has 1 aliphatic rings. The Balaban J connectivity index is 2.18. The fourth-order valence-electron chi connectivity index (χ4n) is 2.86. The molecule has 1 aromatic rings. The molecule has 3 heteroatoms. The van der Waals surface area contributed by atoms with E-state index in [0.29, 0.717) is 5.92 Å². The number of aryl methyl sites for hydroxylation is 2. The van der Waals surface area contributed by atoms with E-state index in [4.69, 9.17) is 0 Å². The van der Waals surface area contributed by atoms with E-state index in [1.165, 1.54) is 11.1 Å². The predicted octanol–water partition coefficient (Wildman–Crippen LogP) is 2.65. The van der Waals surface area contributed by atoms with Gasteiger partial charge in [-0.2, -0.15) is 0 Å². The molecule has 3 nitrogen and oxygen atoms in total. The molecule has 0 aliphatic carbocycles. The molecule has 2 unspecified atom stereocenters. The zero-order valence-electron chi connectivity index (χ0n) is 12.4. The molecule has 0 bridgehead atoms. The second-order valence-corrected chi connectivity index (χ2v) is 5.79. The number of carbonyl (C=O) groups excluding carboxylic acids is 1. The SMILES string of the molecule is Cc1cc(C)cc(N(C)C(=O)C2NCCCC2C)c1. The van der Waals surface area contributed by atoms with E-state index in [-0.39, 0.29) is 11.9 Å². The van der Waals surface area contributed by atoms with Gasteiger partial charge in [0.25, 0.3) is 0 Å². The molecular weight excluding hydrogens is 236 g/mol. The Morgan fingerprint density at radius 1 is 1.26 bits per heavy atom. The lowest BCUT2D eigenvalue weighted by Gasteiger charge is -2.32. The fraction of sp³-hybridized carbons (Fsp3) is 0.562. The number of rotatable bonds is 2. The Morgan fingerprint density at radius 2 is 1.89 bits per heavy atom. The number of anilines is 1. The summed E-state index contributed by atoms with van der Waals surface area (Å²) in [7, 11) is 1.87. The quantitative estimate of drug-likeness (QED) is 0.886. The molecule has 1 aromatic carbocycles. The number of amides is 1. The number of nitrogens with one attached hydrogen (secondary N) is 1. The largest absolute Gasteiger partial charge is 0.314 e. The molecule has 1 aliphatic heterocycles. The first kappa shape index (κ1) is 14.1. The van der Waals surface area contributed by atoms with Crippen molar-refractivity contribution >= 4 is 11.6 Å². The van der Waals surface area contributed by atoms with Crippen molar-refractivity contribution < 1.29 is 4.79 Å². The Morgan fingerprint density at radius 3 is 2.47 bits per heavy atom. The van der Waals surface area contributed by atoms with E-state index in [0.717, 1.165) is 25.1 Å².